The van der Waals surface area contributed by atoms with Crippen LogP contribution in [0.5, 0.6) is 0 Å². The molecular formula is C22H36N4O3S. The quantitative estimate of drug-likeness (QED) is 0.648. The van der Waals surface area contributed by atoms with Crippen LogP contribution in [0.15, 0.2) is 29.2 Å². The zero-order valence-electron chi connectivity index (χ0n) is 18.6. The van der Waals surface area contributed by atoms with Crippen LogP contribution in [0.4, 0.5) is 0 Å². The average molecular weight is 437 g/mol. The second-order valence-corrected chi connectivity index (χ2v) is 10.8. The summed E-state index contributed by atoms with van der Waals surface area (Å²) in [6.45, 7) is 13.4. The molecule has 0 aromatic heterocycles. The largest absolute Gasteiger partial charge is 0.339 e. The lowest BCUT2D eigenvalue weighted by molar-refractivity contribution is -0.134. The van der Waals surface area contributed by atoms with Crippen molar-refractivity contribution in [3.8, 4) is 0 Å². The molecule has 2 heterocycles. The molecule has 3 rings (SSSR count). The molecule has 0 bridgehead atoms. The summed E-state index contributed by atoms with van der Waals surface area (Å²) in [5.41, 5.74) is 1.04. The van der Waals surface area contributed by atoms with Crippen molar-refractivity contribution in [1.29, 1.82) is 0 Å². The Hall–Kier alpha value is -1.48. The highest BCUT2D eigenvalue weighted by Gasteiger charge is 2.30. The van der Waals surface area contributed by atoms with E-state index in [1.165, 1.54) is 10.7 Å². The third-order valence-corrected chi connectivity index (χ3v) is 8.01. The molecule has 0 radical (unpaired) electrons. The van der Waals surface area contributed by atoms with E-state index in [2.05, 4.69) is 23.6 Å². The van der Waals surface area contributed by atoms with Crippen molar-refractivity contribution >= 4 is 15.9 Å². The minimum Gasteiger partial charge on any atom is -0.339 e. The molecule has 8 heteroatoms. The van der Waals surface area contributed by atoms with Crippen LogP contribution in [0.3, 0.4) is 0 Å². The summed E-state index contributed by atoms with van der Waals surface area (Å²) in [5, 5.41) is 0. The van der Waals surface area contributed by atoms with Crippen LogP contribution in [-0.2, 0) is 14.8 Å². The van der Waals surface area contributed by atoms with Gasteiger partial charge in [0.25, 0.3) is 0 Å². The molecule has 2 aliphatic heterocycles. The Balaban J connectivity index is 1.43. The Labute approximate surface area is 181 Å². The average Bonchev–Trinajstić information content (AvgIpc) is 2.73. The van der Waals surface area contributed by atoms with Gasteiger partial charge in [0.1, 0.15) is 0 Å². The molecule has 0 spiro atoms. The number of hydrogen-bond donors (Lipinski definition) is 0. The van der Waals surface area contributed by atoms with Gasteiger partial charge in [-0.15, -0.1) is 0 Å². The Morgan fingerprint density at radius 1 is 0.900 bits per heavy atom. The van der Waals surface area contributed by atoms with Gasteiger partial charge >= 0.3 is 0 Å². The lowest BCUT2D eigenvalue weighted by Gasteiger charge is -2.37. The predicted octanol–water partition coefficient (Wildman–Crippen LogP) is 1.49. The molecule has 1 aromatic rings. The molecule has 2 fully saturated rings. The number of sulfonamides is 1. The van der Waals surface area contributed by atoms with Crippen LogP contribution in [-0.4, -0.2) is 98.8 Å². The highest BCUT2D eigenvalue weighted by atomic mass is 32.2. The first-order chi connectivity index (χ1) is 14.3. The van der Waals surface area contributed by atoms with Crippen LogP contribution < -0.4 is 0 Å². The van der Waals surface area contributed by atoms with Crippen LogP contribution in [0, 0.1) is 12.8 Å². The molecule has 2 aliphatic rings. The number of carbonyl (C=O) groups is 1. The third kappa shape index (κ3) is 6.03. The highest BCUT2D eigenvalue weighted by molar-refractivity contribution is 7.89. The standard InChI is InChI=1S/C22H36N4O3S/c1-19(2)8-9-23-10-14-25(15-11-23)22(27)18-24-12-16-26(17-13-24)30(28,29)21-6-4-20(3)5-7-21/h4-7,19H,8-18H2,1-3H3. The van der Waals surface area contributed by atoms with E-state index in [0.717, 1.165) is 38.3 Å². The van der Waals surface area contributed by atoms with E-state index < -0.39 is 10.0 Å². The number of rotatable bonds is 7. The fourth-order valence-corrected chi connectivity index (χ4v) is 5.36. The summed E-state index contributed by atoms with van der Waals surface area (Å²) in [4.78, 5) is 19.5. The van der Waals surface area contributed by atoms with Crippen molar-refractivity contribution < 1.29 is 13.2 Å². The van der Waals surface area contributed by atoms with E-state index >= 15 is 0 Å². The van der Waals surface area contributed by atoms with Crippen LogP contribution >= 0.6 is 0 Å². The number of piperazine rings is 2. The zero-order chi connectivity index (χ0) is 21.7. The van der Waals surface area contributed by atoms with Gasteiger partial charge < -0.3 is 4.90 Å². The summed E-state index contributed by atoms with van der Waals surface area (Å²) in [7, 11) is -3.46. The monoisotopic (exact) mass is 436 g/mol. The number of nitrogens with zero attached hydrogens (tertiary/aromatic N) is 4. The summed E-state index contributed by atoms with van der Waals surface area (Å²) in [6.07, 6.45) is 1.20. The van der Waals surface area contributed by atoms with Gasteiger partial charge in [0, 0.05) is 52.4 Å². The van der Waals surface area contributed by atoms with Crippen molar-refractivity contribution in [2.75, 3.05) is 65.4 Å². The van der Waals surface area contributed by atoms with E-state index in [1.807, 2.05) is 24.0 Å². The van der Waals surface area contributed by atoms with Gasteiger partial charge in [-0.2, -0.15) is 4.31 Å². The van der Waals surface area contributed by atoms with Crippen molar-refractivity contribution in [1.82, 2.24) is 19.0 Å². The molecule has 0 N–H and O–H groups in total. The second-order valence-electron chi connectivity index (χ2n) is 8.90. The van der Waals surface area contributed by atoms with Crippen molar-refractivity contribution in [2.24, 2.45) is 5.92 Å². The van der Waals surface area contributed by atoms with Crippen LogP contribution in [0.2, 0.25) is 0 Å². The van der Waals surface area contributed by atoms with E-state index in [4.69, 9.17) is 0 Å². The molecule has 0 saturated carbocycles. The molecule has 0 aliphatic carbocycles. The first-order valence-electron chi connectivity index (χ1n) is 11.0. The molecule has 2 saturated heterocycles. The molecule has 1 aromatic carbocycles. The van der Waals surface area contributed by atoms with E-state index in [-0.39, 0.29) is 5.91 Å². The Morgan fingerprint density at radius 2 is 1.47 bits per heavy atom. The van der Waals surface area contributed by atoms with Crippen LogP contribution in [0.25, 0.3) is 0 Å². The fourth-order valence-electron chi connectivity index (χ4n) is 3.94. The maximum atomic E-state index is 12.8. The Bertz CT molecular complexity index is 794. The first-order valence-corrected chi connectivity index (χ1v) is 12.5. The number of amides is 1. The summed E-state index contributed by atoms with van der Waals surface area (Å²) in [6, 6.07) is 6.98. The van der Waals surface area contributed by atoms with Gasteiger partial charge in [0.05, 0.1) is 11.4 Å². The third-order valence-electron chi connectivity index (χ3n) is 6.10. The van der Waals surface area contributed by atoms with Crippen molar-refractivity contribution in [3.63, 3.8) is 0 Å². The highest BCUT2D eigenvalue weighted by Crippen LogP contribution is 2.18. The number of carbonyl (C=O) groups excluding carboxylic acids is 1. The van der Waals surface area contributed by atoms with Crippen molar-refractivity contribution in [3.05, 3.63) is 29.8 Å². The normalized spacial score (nSPS) is 20.1. The molecule has 7 nitrogen and oxygen atoms in total. The van der Waals surface area contributed by atoms with Gasteiger partial charge in [-0.3, -0.25) is 14.6 Å². The van der Waals surface area contributed by atoms with Gasteiger partial charge in [-0.05, 0) is 37.9 Å². The molecule has 1 amide bonds. The van der Waals surface area contributed by atoms with E-state index in [9.17, 15) is 13.2 Å². The number of benzene rings is 1. The Morgan fingerprint density at radius 3 is 2.03 bits per heavy atom. The first kappa shape index (κ1) is 23.2. The summed E-state index contributed by atoms with van der Waals surface area (Å²) < 4.78 is 27.2. The summed E-state index contributed by atoms with van der Waals surface area (Å²) >= 11 is 0. The van der Waals surface area contributed by atoms with E-state index in [1.54, 1.807) is 12.1 Å². The van der Waals surface area contributed by atoms with Gasteiger partial charge in [-0.25, -0.2) is 8.42 Å². The van der Waals surface area contributed by atoms with Crippen LogP contribution in [0.1, 0.15) is 25.8 Å². The SMILES string of the molecule is Cc1ccc(S(=O)(=O)N2CCN(CC(=O)N3CCN(CCC(C)C)CC3)CC2)cc1. The second kappa shape index (κ2) is 10.2. The Kier molecular flexibility index (Phi) is 7.90. The topological polar surface area (TPSA) is 64.2 Å². The zero-order valence-corrected chi connectivity index (χ0v) is 19.4. The van der Waals surface area contributed by atoms with Crippen molar-refractivity contribution in [2.45, 2.75) is 32.1 Å². The minimum atomic E-state index is -3.46. The maximum Gasteiger partial charge on any atom is 0.243 e. The van der Waals surface area contributed by atoms with Gasteiger partial charge in [0.2, 0.25) is 15.9 Å². The van der Waals surface area contributed by atoms with E-state index in [0.29, 0.717) is 43.5 Å². The maximum absolute atomic E-state index is 12.8. The predicted molar refractivity (Wildman–Crippen MR) is 119 cm³/mol. The molecule has 168 valence electrons. The smallest absolute Gasteiger partial charge is 0.243 e. The fraction of sp³-hybridized carbons (Fsp3) is 0.682. The van der Waals surface area contributed by atoms with Gasteiger partial charge in [-0.1, -0.05) is 31.5 Å². The lowest BCUT2D eigenvalue weighted by atomic mass is 10.1. The molecule has 0 atom stereocenters. The lowest BCUT2D eigenvalue weighted by Crippen LogP contribution is -2.54. The molecular weight excluding hydrogens is 400 g/mol. The summed E-state index contributed by atoms with van der Waals surface area (Å²) in [5.74, 6) is 0.867. The molecule has 0 unspecified atom stereocenters. The number of hydrogen-bond acceptors (Lipinski definition) is 5. The van der Waals surface area contributed by atoms with Gasteiger partial charge in [0.15, 0.2) is 0 Å². The number of aryl methyl sites for hydroxylation is 1. The minimum absolute atomic E-state index is 0.161. The molecule has 30 heavy (non-hydrogen) atoms.